The van der Waals surface area contributed by atoms with Crippen LogP contribution in [0.2, 0.25) is 0 Å². The highest BCUT2D eigenvalue weighted by molar-refractivity contribution is 7.52. The predicted molar refractivity (Wildman–Crippen MR) is 119 cm³/mol. The molecule has 0 bridgehead atoms. The van der Waals surface area contributed by atoms with E-state index in [1.54, 1.807) is 13.8 Å². The molecule has 0 radical (unpaired) electrons. The lowest BCUT2D eigenvalue weighted by molar-refractivity contribution is 0.0981. The monoisotopic (exact) mass is 284 g/mol. The van der Waals surface area contributed by atoms with Crippen LogP contribution in [0.25, 0.3) is 0 Å². The lowest BCUT2D eigenvalue weighted by atomic mass is 9.00. The smallest absolute Gasteiger partial charge is 0.160 e. The minimum atomic E-state index is -0.00254. The SMILES string of the molecule is BBB(B)c1c(B(B)B)c(BB)c(C)c(C(C)=O)c1C(C)=O. The fourth-order valence-corrected chi connectivity index (χ4v) is 3.61. The number of hydrogen-bond acceptors (Lipinski definition) is 2. The lowest BCUT2D eigenvalue weighted by Crippen LogP contribution is -2.63. The number of benzene rings is 1. The number of carbonyl (C=O) groups excluding carboxylic acids is 2. The maximum atomic E-state index is 12.4. The van der Waals surface area contributed by atoms with E-state index in [9.17, 15) is 9.59 Å². The van der Waals surface area contributed by atoms with Crippen LogP contribution < -0.4 is 16.4 Å². The summed E-state index contributed by atoms with van der Waals surface area (Å²) in [6.07, 6.45) is 0. The summed E-state index contributed by atoms with van der Waals surface area (Å²) in [6, 6.07) is 0. The maximum absolute atomic E-state index is 12.4. The number of rotatable bonds is 6. The molecule has 0 aromatic heterocycles. The van der Waals surface area contributed by atoms with E-state index < -0.39 is 0 Å². The van der Waals surface area contributed by atoms with Crippen LogP contribution in [0.5, 0.6) is 0 Å². The van der Waals surface area contributed by atoms with Crippen molar-refractivity contribution >= 4 is 93.9 Å². The fourth-order valence-electron chi connectivity index (χ4n) is 3.61. The average molecular weight is 283 g/mol. The fraction of sp³-hybridized carbons (Fsp3) is 0.273. The van der Waals surface area contributed by atoms with Crippen molar-refractivity contribution in [1.29, 1.82) is 0 Å². The van der Waals surface area contributed by atoms with E-state index in [4.69, 9.17) is 0 Å². The van der Waals surface area contributed by atoms with Crippen molar-refractivity contribution in [3.8, 4) is 0 Å². The molecular weight excluding hydrogens is 261 g/mol. The van der Waals surface area contributed by atoms with Crippen molar-refractivity contribution in [3.05, 3.63) is 16.7 Å². The Labute approximate surface area is 141 Å². The average Bonchev–Trinajstić information content (AvgIpc) is 2.43. The van der Waals surface area contributed by atoms with Crippen molar-refractivity contribution in [2.75, 3.05) is 0 Å². The molecule has 0 aliphatic carbocycles. The zero-order valence-electron chi connectivity index (χ0n) is 15.4. The topological polar surface area (TPSA) is 34.1 Å². The molecule has 0 aliphatic rings. The summed E-state index contributed by atoms with van der Waals surface area (Å²) in [5.41, 5.74) is 5.95. The maximum Gasteiger partial charge on any atom is 0.160 e. The van der Waals surface area contributed by atoms with E-state index in [2.05, 4.69) is 38.7 Å². The van der Waals surface area contributed by atoms with Gasteiger partial charge in [0.15, 0.2) is 11.6 Å². The molecule has 0 unspecified atom stereocenters. The van der Waals surface area contributed by atoms with E-state index in [0.29, 0.717) is 17.6 Å². The third-order valence-electron chi connectivity index (χ3n) is 4.70. The molecule has 0 atom stereocenters. The normalized spacial score (nSPS) is 9.95. The van der Waals surface area contributed by atoms with E-state index in [0.717, 1.165) is 25.3 Å². The number of Topliss-reactive ketones (excluding diaryl/α,β-unsaturated/α-hetero) is 2. The number of hydrogen-bond donors (Lipinski definition) is 0. The number of carbonyl (C=O) groups is 2. The largest absolute Gasteiger partial charge is 0.295 e. The van der Waals surface area contributed by atoms with E-state index in [1.807, 2.05) is 6.92 Å². The van der Waals surface area contributed by atoms with Crippen LogP contribution in [-0.4, -0.2) is 77.5 Å². The van der Waals surface area contributed by atoms with Gasteiger partial charge < -0.3 is 0 Å². The van der Waals surface area contributed by atoms with E-state index in [1.165, 1.54) is 10.9 Å². The van der Waals surface area contributed by atoms with Gasteiger partial charge in [-0.15, -0.1) is 5.46 Å². The Morgan fingerprint density at radius 1 is 0.955 bits per heavy atom. The van der Waals surface area contributed by atoms with Crippen LogP contribution >= 0.6 is 0 Å². The Kier molecular flexibility index (Phi) is 6.64. The molecule has 0 fully saturated rings. The Bertz CT molecular complexity index is 614. The van der Waals surface area contributed by atoms with Gasteiger partial charge in [0, 0.05) is 11.1 Å². The Morgan fingerprint density at radius 3 is 1.77 bits per heavy atom. The first-order valence-electron chi connectivity index (χ1n) is 8.39. The van der Waals surface area contributed by atoms with Crippen molar-refractivity contribution in [1.82, 2.24) is 0 Å². The molecular formula is C11H21B9O2. The zero-order chi connectivity index (χ0) is 17.2. The zero-order valence-corrected chi connectivity index (χ0v) is 15.4. The van der Waals surface area contributed by atoms with Gasteiger partial charge in [0.25, 0.3) is 0 Å². The first-order chi connectivity index (χ1) is 10.2. The Hall–Kier alpha value is -0.856. The van der Waals surface area contributed by atoms with Gasteiger partial charge in [0.05, 0.1) is 58.7 Å². The Morgan fingerprint density at radius 2 is 1.45 bits per heavy atom. The minimum absolute atomic E-state index is 0.00254. The molecule has 1 aromatic carbocycles. The van der Waals surface area contributed by atoms with Crippen molar-refractivity contribution in [2.45, 2.75) is 20.8 Å². The highest BCUT2D eigenvalue weighted by Crippen LogP contribution is 2.13. The molecule has 0 saturated heterocycles. The van der Waals surface area contributed by atoms with Gasteiger partial charge in [-0.3, -0.25) is 9.59 Å². The molecule has 0 amide bonds. The first kappa shape index (κ1) is 19.2. The molecule has 0 N–H and O–H groups in total. The summed E-state index contributed by atoms with van der Waals surface area (Å²) < 4.78 is 0. The van der Waals surface area contributed by atoms with Gasteiger partial charge >= 0.3 is 0 Å². The molecule has 22 heavy (non-hydrogen) atoms. The molecule has 0 saturated carbocycles. The van der Waals surface area contributed by atoms with Gasteiger partial charge in [-0.1, -0.05) is 10.9 Å². The second kappa shape index (κ2) is 7.61. The van der Waals surface area contributed by atoms with Crippen LogP contribution in [0.15, 0.2) is 0 Å². The summed E-state index contributed by atoms with van der Waals surface area (Å²) in [5, 5.41) is 0. The van der Waals surface area contributed by atoms with Gasteiger partial charge in [-0.25, -0.2) is 0 Å². The molecule has 0 heterocycles. The van der Waals surface area contributed by atoms with Crippen LogP contribution in [0, 0.1) is 6.92 Å². The number of ketones is 2. The molecule has 0 spiro atoms. The summed E-state index contributed by atoms with van der Waals surface area (Å²) in [5.74, 6) is 0.00501. The van der Waals surface area contributed by atoms with Crippen LogP contribution in [-0.2, 0) is 0 Å². The van der Waals surface area contributed by atoms with Gasteiger partial charge in [-0.05, 0) is 26.3 Å². The predicted octanol–water partition coefficient (Wildman–Crippen LogP) is -6.72. The third kappa shape index (κ3) is 3.39. The summed E-state index contributed by atoms with van der Waals surface area (Å²) >= 11 is 0. The van der Waals surface area contributed by atoms with Crippen LogP contribution in [0.1, 0.15) is 40.1 Å². The first-order valence-corrected chi connectivity index (χ1v) is 8.39. The van der Waals surface area contributed by atoms with Gasteiger partial charge in [0.1, 0.15) is 7.17 Å². The summed E-state index contributed by atoms with van der Waals surface area (Å²) in [6.45, 7) is 5.78. The Balaban J connectivity index is 4.09. The quantitative estimate of drug-likeness (QED) is 0.384. The lowest BCUT2D eigenvalue weighted by Gasteiger charge is -2.27. The van der Waals surface area contributed by atoms with Crippen molar-refractivity contribution in [3.63, 3.8) is 0 Å². The highest BCUT2D eigenvalue weighted by Gasteiger charge is 2.29. The molecule has 0 aliphatic heterocycles. The second-order valence-electron chi connectivity index (χ2n) is 6.61. The van der Waals surface area contributed by atoms with Crippen LogP contribution in [0.4, 0.5) is 0 Å². The van der Waals surface area contributed by atoms with Crippen molar-refractivity contribution < 1.29 is 9.59 Å². The molecule has 11 heteroatoms. The van der Waals surface area contributed by atoms with E-state index in [-0.39, 0.29) is 18.1 Å². The summed E-state index contributed by atoms with van der Waals surface area (Å²) in [7, 11) is 12.6. The van der Waals surface area contributed by atoms with Crippen LogP contribution in [0.3, 0.4) is 0 Å². The molecule has 1 rings (SSSR count). The minimum Gasteiger partial charge on any atom is -0.295 e. The molecule has 104 valence electrons. The van der Waals surface area contributed by atoms with E-state index >= 15 is 0 Å². The van der Waals surface area contributed by atoms with Gasteiger partial charge in [-0.2, -0.15) is 0 Å². The second-order valence-corrected chi connectivity index (χ2v) is 6.61. The highest BCUT2D eigenvalue weighted by atomic mass is 16.1. The van der Waals surface area contributed by atoms with Crippen molar-refractivity contribution in [2.24, 2.45) is 0 Å². The summed E-state index contributed by atoms with van der Waals surface area (Å²) in [4.78, 5) is 24.6. The standard InChI is InChI=1S/C11H21B9O2/c1-4-7(5(2)21)8(6(3)22)10(20(16)18-13)11(19(14)15)9(4)17-12/h17-18H,12-16H2,1-3H3. The molecule has 2 nitrogen and oxygen atoms in total. The third-order valence-corrected chi connectivity index (χ3v) is 4.70. The van der Waals surface area contributed by atoms with Gasteiger partial charge in [0.2, 0.25) is 0 Å². The molecule has 1 aromatic rings.